The van der Waals surface area contributed by atoms with Gasteiger partial charge in [-0.2, -0.15) is 0 Å². The summed E-state index contributed by atoms with van der Waals surface area (Å²) < 4.78 is 15.6. The van der Waals surface area contributed by atoms with Gasteiger partial charge in [-0.25, -0.2) is 4.39 Å². The van der Waals surface area contributed by atoms with Crippen molar-refractivity contribution in [3.8, 4) is 0 Å². The fourth-order valence-electron chi connectivity index (χ4n) is 3.74. The zero-order valence-electron chi connectivity index (χ0n) is 15.5. The Bertz CT molecular complexity index is 852. The van der Waals surface area contributed by atoms with Gasteiger partial charge < -0.3 is 4.57 Å². The summed E-state index contributed by atoms with van der Waals surface area (Å²) in [6.07, 6.45) is 7.12. The number of hydrogen-bond acceptors (Lipinski definition) is 4. The Hall–Kier alpha value is -1.66. The molecule has 1 aliphatic rings. The van der Waals surface area contributed by atoms with Gasteiger partial charge in [0.2, 0.25) is 0 Å². The highest BCUT2D eigenvalue weighted by Crippen LogP contribution is 2.38. The highest BCUT2D eigenvalue weighted by Gasteiger charge is 2.24. The molecule has 0 aliphatic heterocycles. The standard InChI is InChI=1S/C21H24FN3S2/c1-15(16-9-11-17(22)12-10-16)27-21-24-23-20(14-19-8-5-13-26-19)25(21)18-6-3-2-4-7-18/h5,8-13,15,18H,2-4,6-7,14H2,1H3/t15-/m0/s1. The Balaban J connectivity index is 1.60. The van der Waals surface area contributed by atoms with Gasteiger partial charge in [0, 0.05) is 22.6 Å². The van der Waals surface area contributed by atoms with Crippen molar-refractivity contribution < 1.29 is 4.39 Å². The normalized spacial score (nSPS) is 16.5. The Labute approximate surface area is 168 Å². The number of hydrogen-bond donors (Lipinski definition) is 0. The van der Waals surface area contributed by atoms with E-state index in [-0.39, 0.29) is 11.1 Å². The first-order valence-electron chi connectivity index (χ1n) is 9.59. The van der Waals surface area contributed by atoms with Crippen LogP contribution in [0.15, 0.2) is 46.9 Å². The molecule has 27 heavy (non-hydrogen) atoms. The monoisotopic (exact) mass is 401 g/mol. The van der Waals surface area contributed by atoms with Crippen LogP contribution >= 0.6 is 23.1 Å². The molecule has 1 aromatic carbocycles. The third kappa shape index (κ3) is 4.43. The fraction of sp³-hybridized carbons (Fsp3) is 0.429. The van der Waals surface area contributed by atoms with Crippen molar-refractivity contribution in [1.29, 1.82) is 0 Å². The van der Waals surface area contributed by atoms with Crippen molar-refractivity contribution in [1.82, 2.24) is 14.8 Å². The van der Waals surface area contributed by atoms with Gasteiger partial charge in [0.15, 0.2) is 5.16 Å². The summed E-state index contributed by atoms with van der Waals surface area (Å²) in [7, 11) is 0. The molecule has 0 radical (unpaired) electrons. The third-order valence-electron chi connectivity index (χ3n) is 5.21. The lowest BCUT2D eigenvalue weighted by Gasteiger charge is -2.26. The molecule has 142 valence electrons. The van der Waals surface area contributed by atoms with Gasteiger partial charge in [0.25, 0.3) is 0 Å². The molecule has 1 fully saturated rings. The molecule has 0 unspecified atom stereocenters. The summed E-state index contributed by atoms with van der Waals surface area (Å²) in [6.45, 7) is 2.15. The first-order valence-corrected chi connectivity index (χ1v) is 11.3. The minimum Gasteiger partial charge on any atom is -0.303 e. The number of thioether (sulfide) groups is 1. The van der Waals surface area contributed by atoms with Gasteiger partial charge in [-0.3, -0.25) is 0 Å². The fourth-order valence-corrected chi connectivity index (χ4v) is 5.51. The Morgan fingerprint density at radius 3 is 2.63 bits per heavy atom. The van der Waals surface area contributed by atoms with Crippen molar-refractivity contribution in [2.24, 2.45) is 0 Å². The molecule has 0 saturated heterocycles. The molecule has 3 nitrogen and oxygen atoms in total. The van der Waals surface area contributed by atoms with Crippen LogP contribution in [0.25, 0.3) is 0 Å². The largest absolute Gasteiger partial charge is 0.303 e. The number of aromatic nitrogens is 3. The van der Waals surface area contributed by atoms with Gasteiger partial charge in [0.1, 0.15) is 11.6 Å². The lowest BCUT2D eigenvalue weighted by atomic mass is 9.95. The molecule has 0 bridgehead atoms. The van der Waals surface area contributed by atoms with E-state index in [1.54, 1.807) is 23.1 Å². The van der Waals surface area contributed by atoms with Crippen molar-refractivity contribution in [2.75, 3.05) is 0 Å². The second kappa shape index (κ2) is 8.57. The topological polar surface area (TPSA) is 30.7 Å². The van der Waals surface area contributed by atoms with Crippen LogP contribution in [0.3, 0.4) is 0 Å². The molecule has 4 rings (SSSR count). The molecular weight excluding hydrogens is 377 g/mol. The molecule has 1 aliphatic carbocycles. The van der Waals surface area contributed by atoms with E-state index < -0.39 is 0 Å². The number of nitrogens with zero attached hydrogens (tertiary/aromatic N) is 3. The number of benzene rings is 1. The van der Waals surface area contributed by atoms with Crippen molar-refractivity contribution in [3.63, 3.8) is 0 Å². The van der Waals surface area contributed by atoms with E-state index in [2.05, 4.69) is 39.2 Å². The summed E-state index contributed by atoms with van der Waals surface area (Å²) in [5, 5.41) is 12.4. The number of halogens is 1. The minimum absolute atomic E-state index is 0.195. The van der Waals surface area contributed by atoms with Crippen molar-refractivity contribution >= 4 is 23.1 Å². The second-order valence-corrected chi connectivity index (χ2v) is 9.47. The van der Waals surface area contributed by atoms with Crippen LogP contribution in [0.2, 0.25) is 0 Å². The molecule has 3 aromatic rings. The Morgan fingerprint density at radius 1 is 1.15 bits per heavy atom. The van der Waals surface area contributed by atoms with Crippen LogP contribution in [-0.2, 0) is 6.42 Å². The van der Waals surface area contributed by atoms with Crippen LogP contribution in [-0.4, -0.2) is 14.8 Å². The average Bonchev–Trinajstić information content (AvgIpc) is 3.33. The molecule has 0 spiro atoms. The smallest absolute Gasteiger partial charge is 0.192 e. The molecular formula is C21H24FN3S2. The molecule has 0 amide bonds. The van der Waals surface area contributed by atoms with E-state index in [1.807, 2.05) is 12.1 Å². The van der Waals surface area contributed by atoms with Gasteiger partial charge in [-0.05, 0) is 48.9 Å². The van der Waals surface area contributed by atoms with Gasteiger partial charge in [-0.15, -0.1) is 21.5 Å². The molecule has 1 saturated carbocycles. The van der Waals surface area contributed by atoms with E-state index in [9.17, 15) is 4.39 Å². The predicted octanol–water partition coefficient (Wildman–Crippen LogP) is 6.43. The first-order chi connectivity index (χ1) is 13.2. The van der Waals surface area contributed by atoms with Crippen molar-refractivity contribution in [3.05, 3.63) is 63.9 Å². The highest BCUT2D eigenvalue weighted by molar-refractivity contribution is 7.99. The summed E-state index contributed by atoms with van der Waals surface area (Å²) in [5.41, 5.74) is 1.11. The molecule has 6 heteroatoms. The maximum Gasteiger partial charge on any atom is 0.192 e. The third-order valence-corrected chi connectivity index (χ3v) is 7.20. The Kier molecular flexibility index (Phi) is 5.93. The van der Waals surface area contributed by atoms with Gasteiger partial charge in [0.05, 0.1) is 0 Å². The van der Waals surface area contributed by atoms with Crippen LogP contribution < -0.4 is 0 Å². The number of thiophene rings is 1. The number of rotatable bonds is 6. The van der Waals surface area contributed by atoms with Crippen LogP contribution in [0, 0.1) is 5.82 Å². The lowest BCUT2D eigenvalue weighted by Crippen LogP contribution is -2.17. The quantitative estimate of drug-likeness (QED) is 0.446. The zero-order valence-corrected chi connectivity index (χ0v) is 17.1. The molecule has 1 atom stereocenters. The Morgan fingerprint density at radius 2 is 1.93 bits per heavy atom. The zero-order chi connectivity index (χ0) is 18.6. The van der Waals surface area contributed by atoms with E-state index >= 15 is 0 Å². The average molecular weight is 402 g/mol. The van der Waals surface area contributed by atoms with Crippen LogP contribution in [0.1, 0.15) is 66.6 Å². The SMILES string of the molecule is C[C@H](Sc1nnc(Cc2cccs2)n1C1CCCCC1)c1ccc(F)cc1. The van der Waals surface area contributed by atoms with E-state index in [0.717, 1.165) is 23.0 Å². The minimum atomic E-state index is -0.195. The highest BCUT2D eigenvalue weighted by atomic mass is 32.2. The van der Waals surface area contributed by atoms with Crippen LogP contribution in [0.4, 0.5) is 4.39 Å². The lowest BCUT2D eigenvalue weighted by molar-refractivity contribution is 0.330. The van der Waals surface area contributed by atoms with Gasteiger partial charge >= 0.3 is 0 Å². The summed E-state index contributed by atoms with van der Waals surface area (Å²) in [5.74, 6) is 0.873. The first kappa shape index (κ1) is 18.7. The second-order valence-electron chi connectivity index (χ2n) is 7.13. The van der Waals surface area contributed by atoms with E-state index in [1.165, 1.54) is 49.1 Å². The van der Waals surface area contributed by atoms with Crippen LogP contribution in [0.5, 0.6) is 0 Å². The van der Waals surface area contributed by atoms with E-state index in [0.29, 0.717) is 6.04 Å². The van der Waals surface area contributed by atoms with Crippen molar-refractivity contribution in [2.45, 2.75) is 61.9 Å². The molecule has 2 heterocycles. The predicted molar refractivity (Wildman–Crippen MR) is 110 cm³/mol. The molecule has 2 aromatic heterocycles. The summed E-state index contributed by atoms with van der Waals surface area (Å²) in [6, 6.07) is 11.5. The summed E-state index contributed by atoms with van der Waals surface area (Å²) in [4.78, 5) is 1.32. The van der Waals surface area contributed by atoms with E-state index in [4.69, 9.17) is 0 Å². The molecule has 0 N–H and O–H groups in total. The maximum atomic E-state index is 13.2. The maximum absolute atomic E-state index is 13.2. The summed E-state index contributed by atoms with van der Waals surface area (Å²) >= 11 is 3.50. The van der Waals surface area contributed by atoms with Gasteiger partial charge in [-0.1, -0.05) is 49.2 Å².